The van der Waals surface area contributed by atoms with E-state index >= 15 is 0 Å². The van der Waals surface area contributed by atoms with Crippen LogP contribution in [0, 0.1) is 5.82 Å². The number of dihydropyridines is 1. The molecule has 1 amide bonds. The predicted molar refractivity (Wildman–Crippen MR) is 128 cm³/mol. The maximum Gasteiger partial charge on any atom is 0.254 e. The Labute approximate surface area is 195 Å². The average Bonchev–Trinajstić information content (AvgIpc) is 3.33. The molecule has 0 radical (unpaired) electrons. The molecule has 2 aliphatic rings. The van der Waals surface area contributed by atoms with Gasteiger partial charge in [-0.15, -0.1) is 11.3 Å². The minimum atomic E-state index is -0.479. The summed E-state index contributed by atoms with van der Waals surface area (Å²) in [5, 5.41) is 8.22. The molecule has 1 aromatic heterocycles. The van der Waals surface area contributed by atoms with Crippen LogP contribution in [0.25, 0.3) is 0 Å². The largest absolute Gasteiger partial charge is 0.362 e. The number of halogens is 1. The Kier molecular flexibility index (Phi) is 5.68. The second-order valence-corrected chi connectivity index (χ2v) is 9.39. The van der Waals surface area contributed by atoms with Gasteiger partial charge in [0.2, 0.25) is 0 Å². The monoisotopic (exact) mass is 458 g/mol. The fraction of sp³-hybridized carbons (Fsp3) is 0.185. The van der Waals surface area contributed by atoms with E-state index in [4.69, 9.17) is 0 Å². The van der Waals surface area contributed by atoms with Gasteiger partial charge in [-0.1, -0.05) is 42.5 Å². The molecular formula is C27H23FN2O2S. The highest BCUT2D eigenvalue weighted by Gasteiger charge is 2.41. The number of Topliss-reactive ketones (excluding diaryl/α,β-unsaturated/α-hetero) is 1. The Morgan fingerprint density at radius 1 is 1.06 bits per heavy atom. The number of allylic oxidation sites excluding steroid dienone is 3. The third-order valence-electron chi connectivity index (χ3n) is 6.23. The van der Waals surface area contributed by atoms with Gasteiger partial charge in [0.25, 0.3) is 5.91 Å². The van der Waals surface area contributed by atoms with Crippen molar-refractivity contribution < 1.29 is 14.0 Å². The number of carbonyl (C=O) groups excluding carboxylic acids is 2. The lowest BCUT2D eigenvalue weighted by Gasteiger charge is -2.36. The maximum atomic E-state index is 13.7. The van der Waals surface area contributed by atoms with Crippen LogP contribution in [0.2, 0.25) is 0 Å². The van der Waals surface area contributed by atoms with E-state index < -0.39 is 11.7 Å². The van der Waals surface area contributed by atoms with Crippen molar-refractivity contribution in [2.75, 3.05) is 5.32 Å². The number of hydrogen-bond acceptors (Lipinski definition) is 4. The third kappa shape index (κ3) is 4.14. The van der Waals surface area contributed by atoms with Gasteiger partial charge in [0.05, 0.1) is 0 Å². The molecular weight excluding hydrogens is 435 g/mol. The summed E-state index contributed by atoms with van der Waals surface area (Å²) < 4.78 is 13.7. The molecule has 2 aromatic carbocycles. The minimum Gasteiger partial charge on any atom is -0.362 e. The van der Waals surface area contributed by atoms with E-state index in [0.29, 0.717) is 29.0 Å². The standard InChI is InChI=1S/C27H23FN2O2S/c1-16-24(27(32)30-20-10-5-9-19(28)15-20)25(17-7-3-2-4-8-17)26-21(29-16)13-18(14-22(26)31)23-11-6-12-33-23/h2-12,15,18,25,29H,13-14H2,1H3,(H,30,32)/t18-,25-/m1/s1. The first-order valence-corrected chi connectivity index (χ1v) is 11.8. The van der Waals surface area contributed by atoms with Gasteiger partial charge in [-0.05, 0) is 48.6 Å². The quantitative estimate of drug-likeness (QED) is 0.513. The van der Waals surface area contributed by atoms with Gasteiger partial charge in [-0.3, -0.25) is 9.59 Å². The number of thiophene rings is 1. The number of carbonyl (C=O) groups is 2. The summed E-state index contributed by atoms with van der Waals surface area (Å²) in [6.07, 6.45) is 1.14. The van der Waals surface area contributed by atoms with Crippen LogP contribution >= 0.6 is 11.3 Å². The van der Waals surface area contributed by atoms with Gasteiger partial charge in [-0.2, -0.15) is 0 Å². The second-order valence-electron chi connectivity index (χ2n) is 8.41. The highest BCUT2D eigenvalue weighted by molar-refractivity contribution is 7.10. The number of rotatable bonds is 4. The summed E-state index contributed by atoms with van der Waals surface area (Å²) in [7, 11) is 0. The number of anilines is 1. The molecule has 2 heterocycles. The summed E-state index contributed by atoms with van der Waals surface area (Å²) in [6, 6.07) is 19.5. The van der Waals surface area contributed by atoms with Gasteiger partial charge in [-0.25, -0.2) is 4.39 Å². The first-order valence-electron chi connectivity index (χ1n) is 10.9. The molecule has 5 rings (SSSR count). The lowest BCUT2D eigenvalue weighted by atomic mass is 9.72. The molecule has 0 fully saturated rings. The van der Waals surface area contributed by atoms with E-state index in [1.165, 1.54) is 17.0 Å². The topological polar surface area (TPSA) is 58.2 Å². The first-order chi connectivity index (χ1) is 16.0. The van der Waals surface area contributed by atoms with Crippen LogP contribution in [-0.2, 0) is 9.59 Å². The van der Waals surface area contributed by atoms with Crippen molar-refractivity contribution in [3.63, 3.8) is 0 Å². The van der Waals surface area contributed by atoms with Crippen LogP contribution < -0.4 is 10.6 Å². The Balaban J connectivity index is 1.55. The van der Waals surface area contributed by atoms with Crippen molar-refractivity contribution in [3.05, 3.63) is 111 Å². The van der Waals surface area contributed by atoms with Gasteiger partial charge < -0.3 is 10.6 Å². The second kappa shape index (κ2) is 8.79. The number of nitrogens with one attached hydrogen (secondary N) is 2. The first kappa shape index (κ1) is 21.3. The fourth-order valence-corrected chi connectivity index (χ4v) is 5.64. The van der Waals surface area contributed by atoms with E-state index in [1.54, 1.807) is 23.5 Å². The summed E-state index contributed by atoms with van der Waals surface area (Å²) in [4.78, 5) is 28.1. The number of amides is 1. The maximum absolute atomic E-state index is 13.7. The molecule has 1 aliphatic carbocycles. The Morgan fingerprint density at radius 3 is 2.61 bits per heavy atom. The van der Waals surface area contributed by atoms with Gasteiger partial charge in [0.15, 0.2) is 5.78 Å². The SMILES string of the molecule is CC1=C(C(=O)Nc2cccc(F)c2)[C@@H](c2ccccc2)C2=C(C[C@@H](c3cccs3)CC2=O)N1. The molecule has 166 valence electrons. The Morgan fingerprint density at radius 2 is 1.88 bits per heavy atom. The van der Waals surface area contributed by atoms with Crippen LogP contribution in [0.3, 0.4) is 0 Å². The molecule has 33 heavy (non-hydrogen) atoms. The van der Waals surface area contributed by atoms with Crippen molar-refractivity contribution in [1.29, 1.82) is 0 Å². The van der Waals surface area contributed by atoms with Gasteiger partial charge in [0.1, 0.15) is 5.82 Å². The van der Waals surface area contributed by atoms with E-state index in [1.807, 2.05) is 48.7 Å². The molecule has 0 spiro atoms. The highest BCUT2D eigenvalue weighted by Crippen LogP contribution is 2.46. The number of benzene rings is 2. The lowest BCUT2D eigenvalue weighted by Crippen LogP contribution is -2.37. The highest BCUT2D eigenvalue weighted by atomic mass is 32.1. The zero-order valence-electron chi connectivity index (χ0n) is 18.1. The molecule has 0 bridgehead atoms. The van der Waals surface area contributed by atoms with E-state index in [-0.39, 0.29) is 17.6 Å². The van der Waals surface area contributed by atoms with Crippen molar-refractivity contribution in [1.82, 2.24) is 5.32 Å². The normalized spacial score (nSPS) is 20.4. The smallest absolute Gasteiger partial charge is 0.254 e. The van der Waals surface area contributed by atoms with E-state index in [2.05, 4.69) is 16.7 Å². The molecule has 2 N–H and O–H groups in total. The van der Waals surface area contributed by atoms with Crippen molar-refractivity contribution in [2.45, 2.75) is 31.6 Å². The average molecular weight is 459 g/mol. The summed E-state index contributed by atoms with van der Waals surface area (Å²) in [5.41, 5.74) is 3.99. The van der Waals surface area contributed by atoms with Crippen molar-refractivity contribution in [3.8, 4) is 0 Å². The number of ketones is 1. The molecule has 0 saturated carbocycles. The van der Waals surface area contributed by atoms with Crippen molar-refractivity contribution in [2.24, 2.45) is 0 Å². The minimum absolute atomic E-state index is 0.0551. The summed E-state index contributed by atoms with van der Waals surface area (Å²) in [5.74, 6) is -1.06. The molecule has 0 saturated heterocycles. The molecule has 0 unspecified atom stereocenters. The molecule has 1 aliphatic heterocycles. The van der Waals surface area contributed by atoms with Crippen LogP contribution in [0.4, 0.5) is 10.1 Å². The fourth-order valence-electron chi connectivity index (χ4n) is 4.81. The number of hydrogen-bond donors (Lipinski definition) is 2. The molecule has 4 nitrogen and oxygen atoms in total. The van der Waals surface area contributed by atoms with Crippen LogP contribution in [0.1, 0.15) is 42.0 Å². The van der Waals surface area contributed by atoms with Gasteiger partial charge >= 0.3 is 0 Å². The van der Waals surface area contributed by atoms with Crippen LogP contribution in [-0.4, -0.2) is 11.7 Å². The zero-order valence-corrected chi connectivity index (χ0v) is 18.9. The van der Waals surface area contributed by atoms with E-state index in [9.17, 15) is 14.0 Å². The predicted octanol–water partition coefficient (Wildman–Crippen LogP) is 5.89. The lowest BCUT2D eigenvalue weighted by molar-refractivity contribution is -0.116. The van der Waals surface area contributed by atoms with Crippen molar-refractivity contribution >= 4 is 28.7 Å². The van der Waals surface area contributed by atoms with Crippen LogP contribution in [0.15, 0.2) is 94.7 Å². The third-order valence-corrected chi connectivity index (χ3v) is 7.27. The summed E-state index contributed by atoms with van der Waals surface area (Å²) >= 11 is 1.67. The molecule has 3 aromatic rings. The Bertz CT molecular complexity index is 1280. The van der Waals surface area contributed by atoms with Crippen LogP contribution in [0.5, 0.6) is 0 Å². The van der Waals surface area contributed by atoms with E-state index in [0.717, 1.165) is 17.7 Å². The Hall–Kier alpha value is -3.51. The summed E-state index contributed by atoms with van der Waals surface area (Å²) in [6.45, 7) is 1.86. The molecule has 2 atom stereocenters. The van der Waals surface area contributed by atoms with Gasteiger partial charge in [0, 0.05) is 51.4 Å². The molecule has 6 heteroatoms. The zero-order chi connectivity index (χ0) is 22.9.